The predicted octanol–water partition coefficient (Wildman–Crippen LogP) is 4.62. The van der Waals surface area contributed by atoms with Crippen molar-refractivity contribution >= 4 is 17.7 Å². The van der Waals surface area contributed by atoms with Crippen molar-refractivity contribution in [3.8, 4) is 0 Å². The average Bonchev–Trinajstić information content (AvgIpc) is 3.02. The summed E-state index contributed by atoms with van der Waals surface area (Å²) in [6.45, 7) is 0.596. The van der Waals surface area contributed by atoms with E-state index in [0.29, 0.717) is 37.8 Å². The minimum atomic E-state index is -4.43. The van der Waals surface area contributed by atoms with Crippen LogP contribution in [0.3, 0.4) is 0 Å². The summed E-state index contributed by atoms with van der Waals surface area (Å²) < 4.78 is 38.4. The number of carbonyl (C=O) groups is 3. The van der Waals surface area contributed by atoms with Crippen molar-refractivity contribution in [3.63, 3.8) is 0 Å². The number of carboxylic acids is 1. The number of rotatable bonds is 12. The molecule has 1 aromatic carbocycles. The number of Topliss-reactive ketones (excluding diaryl/α,β-unsaturated/α-hetero) is 1. The molecule has 166 valence electrons. The summed E-state index contributed by atoms with van der Waals surface area (Å²) in [6, 6.07) is 4.80. The number of unbranched alkanes of at least 4 members (excludes halogenated alkanes) is 3. The van der Waals surface area contributed by atoms with Crippen LogP contribution in [0.15, 0.2) is 24.3 Å². The number of carbonyl (C=O) groups excluding carboxylic acids is 2. The van der Waals surface area contributed by atoms with Crippen LogP contribution in [-0.2, 0) is 27.0 Å². The van der Waals surface area contributed by atoms with Gasteiger partial charge in [-0.25, -0.2) is 0 Å². The van der Waals surface area contributed by atoms with Crippen LogP contribution in [0.1, 0.15) is 68.9 Å². The Hall–Kier alpha value is -2.38. The van der Waals surface area contributed by atoms with E-state index < -0.39 is 17.7 Å². The van der Waals surface area contributed by atoms with Gasteiger partial charge in [-0.1, -0.05) is 31.0 Å². The first kappa shape index (κ1) is 23.9. The quantitative estimate of drug-likeness (QED) is 0.494. The summed E-state index contributed by atoms with van der Waals surface area (Å²) in [6.07, 6.45) is 0.611. The molecule has 1 amide bonds. The van der Waals surface area contributed by atoms with Crippen molar-refractivity contribution in [1.82, 2.24) is 4.90 Å². The molecule has 0 radical (unpaired) electrons. The minimum Gasteiger partial charge on any atom is -0.481 e. The summed E-state index contributed by atoms with van der Waals surface area (Å²) in [4.78, 5) is 36.7. The van der Waals surface area contributed by atoms with E-state index in [1.54, 1.807) is 4.90 Å². The summed E-state index contributed by atoms with van der Waals surface area (Å²) >= 11 is 0. The van der Waals surface area contributed by atoms with E-state index in [1.807, 2.05) is 0 Å². The van der Waals surface area contributed by atoms with Crippen molar-refractivity contribution < 1.29 is 32.7 Å². The van der Waals surface area contributed by atoms with E-state index in [1.165, 1.54) is 12.1 Å². The Bertz CT molecular complexity index is 748. The summed E-state index contributed by atoms with van der Waals surface area (Å²) in [5.74, 6) is -0.877. The van der Waals surface area contributed by atoms with Crippen LogP contribution in [0, 0.1) is 0 Å². The number of likely N-dealkylation sites (tertiary alicyclic amines) is 1. The van der Waals surface area contributed by atoms with E-state index >= 15 is 0 Å². The van der Waals surface area contributed by atoms with Gasteiger partial charge in [0.1, 0.15) is 5.78 Å². The molecule has 1 atom stereocenters. The van der Waals surface area contributed by atoms with Gasteiger partial charge < -0.3 is 10.0 Å². The van der Waals surface area contributed by atoms with Crippen molar-refractivity contribution in [2.45, 2.75) is 76.4 Å². The SMILES string of the molecule is O=C(O)CCCCCCN1C(=O)CCC1CCC(=O)Cc1cccc(C(F)(F)F)c1. The molecule has 0 aliphatic carbocycles. The number of alkyl halides is 3. The molecule has 1 aliphatic heterocycles. The molecule has 1 aromatic rings. The molecule has 1 N–H and O–H groups in total. The van der Waals surface area contributed by atoms with Crippen LogP contribution in [0.2, 0.25) is 0 Å². The first-order chi connectivity index (χ1) is 14.2. The first-order valence-electron chi connectivity index (χ1n) is 10.4. The third-order valence-corrected chi connectivity index (χ3v) is 5.40. The fourth-order valence-corrected chi connectivity index (χ4v) is 3.81. The number of aliphatic carboxylic acids is 1. The highest BCUT2D eigenvalue weighted by Gasteiger charge is 2.31. The highest BCUT2D eigenvalue weighted by Crippen LogP contribution is 2.30. The Labute approximate surface area is 174 Å². The van der Waals surface area contributed by atoms with Gasteiger partial charge in [-0.15, -0.1) is 0 Å². The van der Waals surface area contributed by atoms with E-state index in [0.717, 1.165) is 31.4 Å². The third kappa shape index (κ3) is 7.80. The zero-order chi connectivity index (χ0) is 22.1. The summed E-state index contributed by atoms with van der Waals surface area (Å²) in [5.41, 5.74) is -0.417. The molecule has 1 aliphatic rings. The molecular formula is C22H28F3NO4. The zero-order valence-corrected chi connectivity index (χ0v) is 16.9. The highest BCUT2D eigenvalue weighted by molar-refractivity contribution is 5.81. The Kier molecular flexibility index (Phi) is 8.87. The fourth-order valence-electron chi connectivity index (χ4n) is 3.81. The van der Waals surface area contributed by atoms with Crippen molar-refractivity contribution in [2.24, 2.45) is 0 Å². The number of amides is 1. The summed E-state index contributed by atoms with van der Waals surface area (Å²) in [7, 11) is 0. The van der Waals surface area contributed by atoms with E-state index in [-0.39, 0.29) is 37.0 Å². The Morgan fingerprint density at radius 2 is 1.83 bits per heavy atom. The van der Waals surface area contributed by atoms with Gasteiger partial charge >= 0.3 is 12.1 Å². The third-order valence-electron chi connectivity index (χ3n) is 5.40. The lowest BCUT2D eigenvalue weighted by molar-refractivity contribution is -0.138. The zero-order valence-electron chi connectivity index (χ0n) is 16.9. The molecule has 0 spiro atoms. The second-order valence-electron chi connectivity index (χ2n) is 7.79. The van der Waals surface area contributed by atoms with Crippen molar-refractivity contribution in [1.29, 1.82) is 0 Å². The molecule has 30 heavy (non-hydrogen) atoms. The topological polar surface area (TPSA) is 74.7 Å². The van der Waals surface area contributed by atoms with Gasteiger partial charge in [0.15, 0.2) is 0 Å². The average molecular weight is 427 g/mol. The highest BCUT2D eigenvalue weighted by atomic mass is 19.4. The van der Waals surface area contributed by atoms with Crippen LogP contribution in [-0.4, -0.2) is 40.3 Å². The molecule has 0 aromatic heterocycles. The maximum absolute atomic E-state index is 12.8. The molecule has 1 fully saturated rings. The molecule has 0 saturated carbocycles. The van der Waals surface area contributed by atoms with Gasteiger partial charge in [-0.2, -0.15) is 13.2 Å². The lowest BCUT2D eigenvalue weighted by atomic mass is 10.0. The maximum Gasteiger partial charge on any atom is 0.416 e. The van der Waals surface area contributed by atoms with Crippen LogP contribution in [0.25, 0.3) is 0 Å². The Balaban J connectivity index is 1.76. The monoisotopic (exact) mass is 427 g/mol. The minimum absolute atomic E-state index is 0.0121. The number of halogens is 3. The largest absolute Gasteiger partial charge is 0.481 e. The van der Waals surface area contributed by atoms with Crippen molar-refractivity contribution in [3.05, 3.63) is 35.4 Å². The molecular weight excluding hydrogens is 399 g/mol. The number of hydrogen-bond acceptors (Lipinski definition) is 3. The second-order valence-corrected chi connectivity index (χ2v) is 7.79. The lowest BCUT2D eigenvalue weighted by Gasteiger charge is -2.24. The van der Waals surface area contributed by atoms with Gasteiger partial charge in [-0.3, -0.25) is 14.4 Å². The molecule has 5 nitrogen and oxygen atoms in total. The molecule has 1 saturated heterocycles. The molecule has 2 rings (SSSR count). The van der Waals surface area contributed by atoms with Crippen molar-refractivity contribution in [2.75, 3.05) is 6.54 Å². The second kappa shape index (κ2) is 11.1. The predicted molar refractivity (Wildman–Crippen MR) is 105 cm³/mol. The van der Waals surface area contributed by atoms with Crippen LogP contribution >= 0.6 is 0 Å². The van der Waals surface area contributed by atoms with Crippen LogP contribution in [0.4, 0.5) is 13.2 Å². The van der Waals surface area contributed by atoms with E-state index in [2.05, 4.69) is 0 Å². The fraction of sp³-hybridized carbons (Fsp3) is 0.591. The smallest absolute Gasteiger partial charge is 0.416 e. The summed E-state index contributed by atoms with van der Waals surface area (Å²) in [5, 5.41) is 8.63. The Morgan fingerprint density at radius 3 is 2.53 bits per heavy atom. The van der Waals surface area contributed by atoms with Crippen LogP contribution in [0.5, 0.6) is 0 Å². The Morgan fingerprint density at radius 1 is 1.10 bits per heavy atom. The van der Waals surface area contributed by atoms with E-state index in [4.69, 9.17) is 5.11 Å². The number of benzene rings is 1. The maximum atomic E-state index is 12.8. The van der Waals surface area contributed by atoms with Gasteiger partial charge in [0.25, 0.3) is 0 Å². The first-order valence-corrected chi connectivity index (χ1v) is 10.4. The van der Waals surface area contributed by atoms with Crippen LogP contribution < -0.4 is 0 Å². The van der Waals surface area contributed by atoms with Gasteiger partial charge in [0.2, 0.25) is 5.91 Å². The molecule has 8 heteroatoms. The lowest BCUT2D eigenvalue weighted by Crippen LogP contribution is -2.34. The molecule has 0 bridgehead atoms. The molecule has 1 heterocycles. The number of ketones is 1. The number of hydrogen-bond donors (Lipinski definition) is 1. The number of nitrogens with zero attached hydrogens (tertiary/aromatic N) is 1. The van der Waals surface area contributed by atoms with Gasteiger partial charge in [0, 0.05) is 38.3 Å². The van der Waals surface area contributed by atoms with E-state index in [9.17, 15) is 27.6 Å². The van der Waals surface area contributed by atoms with Gasteiger partial charge in [0.05, 0.1) is 5.56 Å². The number of carboxylic acid groups (broad SMARTS) is 1. The normalized spacial score (nSPS) is 16.8. The van der Waals surface area contributed by atoms with Gasteiger partial charge in [-0.05, 0) is 37.3 Å². The molecule has 1 unspecified atom stereocenters. The standard InChI is InChI=1S/C22H28F3NO4/c23-22(24,25)17-7-5-6-16(14-17)15-19(27)11-9-18-10-12-20(28)26(18)13-4-2-1-3-8-21(29)30/h5-7,14,18H,1-4,8-13,15H2,(H,29,30).